The molecule has 1 aromatic rings. The molecule has 0 saturated heterocycles. The van der Waals surface area contributed by atoms with E-state index in [1.807, 2.05) is 12.2 Å². The molecular formula is C16H23N. The third-order valence-corrected chi connectivity index (χ3v) is 2.93. The van der Waals surface area contributed by atoms with Crippen molar-refractivity contribution in [2.24, 2.45) is 0 Å². The number of hydrogen-bond donors (Lipinski definition) is 0. The van der Waals surface area contributed by atoms with Crippen molar-refractivity contribution in [3.63, 3.8) is 0 Å². The molecular weight excluding hydrogens is 206 g/mol. The Balaban J connectivity index is 2.86. The van der Waals surface area contributed by atoms with Crippen LogP contribution in [0.1, 0.15) is 32.8 Å². The van der Waals surface area contributed by atoms with Crippen molar-refractivity contribution in [2.45, 2.75) is 27.2 Å². The first-order valence-electron chi connectivity index (χ1n) is 6.37. The normalized spacial score (nSPS) is 11.4. The van der Waals surface area contributed by atoms with Gasteiger partial charge in [-0.25, -0.2) is 0 Å². The zero-order valence-corrected chi connectivity index (χ0v) is 11.2. The molecule has 0 amide bonds. The predicted octanol–water partition coefficient (Wildman–Crippen LogP) is 4.51. The topological polar surface area (TPSA) is 3.24 Å². The Bertz CT molecular complexity index is 373. The highest BCUT2D eigenvalue weighted by Gasteiger charge is 2.02. The largest absolute Gasteiger partial charge is 0.372 e. The minimum Gasteiger partial charge on any atom is -0.372 e. The Morgan fingerprint density at radius 3 is 2.35 bits per heavy atom. The number of rotatable bonds is 6. The standard InChI is InChI=1S/C16H23N/c1-5-8-14(4)15-9-11-16(12-10-15)17(7-3)13-6-2/h5,8-12H,1,6-7,13H2,2-4H3/b14-8+. The lowest BCUT2D eigenvalue weighted by Gasteiger charge is -2.22. The number of benzene rings is 1. The molecule has 0 aliphatic carbocycles. The molecule has 17 heavy (non-hydrogen) atoms. The fraction of sp³-hybridized carbons (Fsp3) is 0.375. The van der Waals surface area contributed by atoms with E-state index in [1.54, 1.807) is 0 Å². The van der Waals surface area contributed by atoms with Gasteiger partial charge in [0.05, 0.1) is 0 Å². The lowest BCUT2D eigenvalue weighted by Crippen LogP contribution is -2.23. The van der Waals surface area contributed by atoms with Gasteiger partial charge in [0, 0.05) is 18.8 Å². The van der Waals surface area contributed by atoms with E-state index in [2.05, 4.69) is 56.5 Å². The highest BCUT2D eigenvalue weighted by atomic mass is 15.1. The first kappa shape index (κ1) is 13.6. The smallest absolute Gasteiger partial charge is 0.0366 e. The summed E-state index contributed by atoms with van der Waals surface area (Å²) < 4.78 is 0. The Labute approximate surface area is 105 Å². The zero-order valence-electron chi connectivity index (χ0n) is 11.2. The average molecular weight is 229 g/mol. The van der Waals surface area contributed by atoms with Crippen LogP contribution in [0, 0.1) is 0 Å². The van der Waals surface area contributed by atoms with Crippen molar-refractivity contribution in [3.05, 3.63) is 48.6 Å². The molecule has 1 heteroatoms. The molecule has 0 aliphatic heterocycles. The van der Waals surface area contributed by atoms with E-state index in [9.17, 15) is 0 Å². The van der Waals surface area contributed by atoms with Gasteiger partial charge in [0.1, 0.15) is 0 Å². The first-order valence-corrected chi connectivity index (χ1v) is 6.37. The van der Waals surface area contributed by atoms with Crippen LogP contribution in [0.15, 0.2) is 43.0 Å². The summed E-state index contributed by atoms with van der Waals surface area (Å²) in [6.07, 6.45) is 5.06. The molecule has 0 saturated carbocycles. The average Bonchev–Trinajstić information content (AvgIpc) is 2.36. The summed E-state index contributed by atoms with van der Waals surface area (Å²) >= 11 is 0. The van der Waals surface area contributed by atoms with Gasteiger partial charge in [0.2, 0.25) is 0 Å². The molecule has 0 heterocycles. The van der Waals surface area contributed by atoms with Gasteiger partial charge < -0.3 is 4.90 Å². The molecule has 0 radical (unpaired) electrons. The third kappa shape index (κ3) is 3.77. The van der Waals surface area contributed by atoms with E-state index in [4.69, 9.17) is 0 Å². The Morgan fingerprint density at radius 1 is 1.24 bits per heavy atom. The van der Waals surface area contributed by atoms with Gasteiger partial charge in [-0.05, 0) is 43.5 Å². The van der Waals surface area contributed by atoms with Crippen LogP contribution in [0.3, 0.4) is 0 Å². The maximum absolute atomic E-state index is 3.72. The van der Waals surface area contributed by atoms with Crippen molar-refractivity contribution in [1.29, 1.82) is 0 Å². The molecule has 0 fully saturated rings. The molecule has 1 rings (SSSR count). The summed E-state index contributed by atoms with van der Waals surface area (Å²) in [5.41, 5.74) is 3.83. The molecule has 0 spiro atoms. The molecule has 92 valence electrons. The van der Waals surface area contributed by atoms with Crippen molar-refractivity contribution in [3.8, 4) is 0 Å². The third-order valence-electron chi connectivity index (χ3n) is 2.93. The molecule has 0 atom stereocenters. The van der Waals surface area contributed by atoms with Crippen LogP contribution < -0.4 is 4.90 Å². The highest BCUT2D eigenvalue weighted by molar-refractivity contribution is 5.67. The molecule has 1 nitrogen and oxygen atoms in total. The van der Waals surface area contributed by atoms with Crippen LogP contribution in [-0.2, 0) is 0 Å². The number of allylic oxidation sites excluding steroid dienone is 3. The van der Waals surface area contributed by atoms with E-state index in [0.29, 0.717) is 0 Å². The quantitative estimate of drug-likeness (QED) is 0.649. The molecule has 0 N–H and O–H groups in total. The molecule has 0 aromatic heterocycles. The summed E-state index contributed by atoms with van der Waals surface area (Å²) in [4.78, 5) is 2.40. The van der Waals surface area contributed by atoms with Crippen LogP contribution in [0.2, 0.25) is 0 Å². The number of nitrogens with zero attached hydrogens (tertiary/aromatic N) is 1. The molecule has 0 bridgehead atoms. The summed E-state index contributed by atoms with van der Waals surface area (Å²) in [7, 11) is 0. The van der Waals surface area contributed by atoms with Crippen molar-refractivity contribution in [2.75, 3.05) is 18.0 Å². The van der Waals surface area contributed by atoms with Crippen LogP contribution in [0.5, 0.6) is 0 Å². The Kier molecular flexibility index (Phi) is 5.55. The maximum atomic E-state index is 3.72. The Hall–Kier alpha value is -1.50. The summed E-state index contributed by atoms with van der Waals surface area (Å²) in [5.74, 6) is 0. The zero-order chi connectivity index (χ0) is 12.7. The van der Waals surface area contributed by atoms with E-state index in [1.165, 1.54) is 23.2 Å². The van der Waals surface area contributed by atoms with Crippen molar-refractivity contribution >= 4 is 11.3 Å². The van der Waals surface area contributed by atoms with E-state index < -0.39 is 0 Å². The highest BCUT2D eigenvalue weighted by Crippen LogP contribution is 2.20. The lowest BCUT2D eigenvalue weighted by atomic mass is 10.1. The first-order chi connectivity index (χ1) is 8.22. The SMILES string of the molecule is C=C/C=C(\C)c1ccc(N(CC)CCC)cc1. The van der Waals surface area contributed by atoms with Crippen LogP contribution >= 0.6 is 0 Å². The fourth-order valence-corrected chi connectivity index (χ4v) is 1.95. The van der Waals surface area contributed by atoms with Gasteiger partial charge in [-0.1, -0.05) is 37.8 Å². The second kappa shape index (κ2) is 6.95. The number of hydrogen-bond acceptors (Lipinski definition) is 1. The second-order valence-corrected chi connectivity index (χ2v) is 4.21. The Morgan fingerprint density at radius 2 is 1.88 bits per heavy atom. The summed E-state index contributed by atoms with van der Waals surface area (Å²) in [6, 6.07) is 8.77. The van der Waals surface area contributed by atoms with Crippen LogP contribution in [0.4, 0.5) is 5.69 Å². The van der Waals surface area contributed by atoms with Crippen molar-refractivity contribution in [1.82, 2.24) is 0 Å². The summed E-state index contributed by atoms with van der Waals surface area (Å²) in [6.45, 7) is 12.4. The minimum atomic E-state index is 1.06. The molecule has 1 aromatic carbocycles. The van der Waals surface area contributed by atoms with Crippen LogP contribution in [-0.4, -0.2) is 13.1 Å². The minimum absolute atomic E-state index is 1.06. The lowest BCUT2D eigenvalue weighted by molar-refractivity contribution is 0.792. The molecule has 0 aliphatic rings. The van der Waals surface area contributed by atoms with Gasteiger partial charge in [0.15, 0.2) is 0 Å². The van der Waals surface area contributed by atoms with E-state index in [-0.39, 0.29) is 0 Å². The fourth-order valence-electron chi connectivity index (χ4n) is 1.95. The monoisotopic (exact) mass is 229 g/mol. The maximum Gasteiger partial charge on any atom is 0.0366 e. The van der Waals surface area contributed by atoms with Crippen molar-refractivity contribution < 1.29 is 0 Å². The van der Waals surface area contributed by atoms with Crippen LogP contribution in [0.25, 0.3) is 5.57 Å². The predicted molar refractivity (Wildman–Crippen MR) is 78.5 cm³/mol. The van der Waals surface area contributed by atoms with E-state index in [0.717, 1.165) is 13.1 Å². The van der Waals surface area contributed by atoms with Gasteiger partial charge in [-0.15, -0.1) is 0 Å². The van der Waals surface area contributed by atoms with Gasteiger partial charge in [0.25, 0.3) is 0 Å². The number of anilines is 1. The van der Waals surface area contributed by atoms with Gasteiger partial charge in [-0.3, -0.25) is 0 Å². The second-order valence-electron chi connectivity index (χ2n) is 4.21. The summed E-state index contributed by atoms with van der Waals surface area (Å²) in [5, 5.41) is 0. The van der Waals surface area contributed by atoms with Gasteiger partial charge in [-0.2, -0.15) is 0 Å². The van der Waals surface area contributed by atoms with E-state index >= 15 is 0 Å². The van der Waals surface area contributed by atoms with Gasteiger partial charge >= 0.3 is 0 Å². The molecule has 0 unspecified atom stereocenters.